The molecule has 0 spiro atoms. The number of nitrogens with zero attached hydrogens (tertiary/aromatic N) is 1. The molecule has 2 atom stereocenters. The van der Waals surface area contributed by atoms with Gasteiger partial charge >= 0.3 is 12.0 Å². The van der Waals surface area contributed by atoms with Crippen LogP contribution < -0.4 is 5.32 Å². The quantitative estimate of drug-likeness (QED) is 0.817. The van der Waals surface area contributed by atoms with E-state index >= 15 is 0 Å². The second kappa shape index (κ2) is 6.31. The van der Waals surface area contributed by atoms with Gasteiger partial charge in [0.2, 0.25) is 0 Å². The minimum absolute atomic E-state index is 0.150. The van der Waals surface area contributed by atoms with Gasteiger partial charge in [-0.2, -0.15) is 11.8 Å². The summed E-state index contributed by atoms with van der Waals surface area (Å²) in [4.78, 5) is 24.8. The van der Waals surface area contributed by atoms with Crippen molar-refractivity contribution in [3.8, 4) is 0 Å². The summed E-state index contributed by atoms with van der Waals surface area (Å²) in [6.07, 6.45) is 0.495. The number of carboxylic acids is 1. The molecule has 2 amide bonds. The van der Waals surface area contributed by atoms with Crippen molar-refractivity contribution >= 4 is 23.8 Å². The van der Waals surface area contributed by atoms with E-state index in [-0.39, 0.29) is 12.6 Å². The lowest BCUT2D eigenvalue weighted by atomic mass is 9.88. The Kier molecular flexibility index (Phi) is 5.31. The molecule has 1 rings (SSSR count). The minimum Gasteiger partial charge on any atom is -0.481 e. The molecule has 1 saturated heterocycles. The summed E-state index contributed by atoms with van der Waals surface area (Å²) in [6.45, 7) is 7.21. The zero-order valence-electron chi connectivity index (χ0n) is 11.2. The van der Waals surface area contributed by atoms with Gasteiger partial charge < -0.3 is 15.3 Å². The summed E-state index contributed by atoms with van der Waals surface area (Å²) in [5.74, 6) is 0.0753. The Bertz CT molecular complexity index is 324. The Labute approximate surface area is 112 Å². The van der Waals surface area contributed by atoms with Gasteiger partial charge in [-0.3, -0.25) is 4.79 Å². The monoisotopic (exact) mass is 274 g/mol. The maximum absolute atomic E-state index is 11.9. The highest BCUT2D eigenvalue weighted by Gasteiger charge is 2.32. The zero-order chi connectivity index (χ0) is 13.8. The maximum atomic E-state index is 11.9. The number of hydrogen-bond acceptors (Lipinski definition) is 3. The molecule has 6 heteroatoms. The Balaban J connectivity index is 2.47. The molecule has 5 nitrogen and oxygen atoms in total. The number of amides is 2. The van der Waals surface area contributed by atoms with Crippen molar-refractivity contribution in [2.75, 3.05) is 25.4 Å². The number of carboxylic acid groups (broad SMARTS) is 1. The van der Waals surface area contributed by atoms with E-state index in [0.29, 0.717) is 11.7 Å². The molecule has 0 aromatic rings. The summed E-state index contributed by atoms with van der Waals surface area (Å²) in [5.41, 5.74) is -0.883. The van der Waals surface area contributed by atoms with Crippen molar-refractivity contribution in [2.24, 2.45) is 5.41 Å². The number of rotatable bonds is 4. The van der Waals surface area contributed by atoms with Crippen LogP contribution in [0.3, 0.4) is 0 Å². The van der Waals surface area contributed by atoms with E-state index in [1.165, 1.54) is 0 Å². The first-order chi connectivity index (χ1) is 8.39. The highest BCUT2D eigenvalue weighted by Crippen LogP contribution is 2.21. The van der Waals surface area contributed by atoms with Gasteiger partial charge in [0.05, 0.1) is 5.41 Å². The number of thioether (sulfide) groups is 1. The van der Waals surface area contributed by atoms with Gasteiger partial charge in [0.25, 0.3) is 0 Å². The molecule has 1 fully saturated rings. The lowest BCUT2D eigenvalue weighted by molar-refractivity contribution is -0.147. The summed E-state index contributed by atoms with van der Waals surface area (Å²) in [7, 11) is 0. The van der Waals surface area contributed by atoms with Gasteiger partial charge in [-0.1, -0.05) is 13.8 Å². The molecule has 18 heavy (non-hydrogen) atoms. The Hall–Kier alpha value is -0.910. The van der Waals surface area contributed by atoms with Crippen molar-refractivity contribution in [3.05, 3.63) is 0 Å². The van der Waals surface area contributed by atoms with Gasteiger partial charge in [-0.25, -0.2) is 4.79 Å². The molecule has 0 aromatic heterocycles. The SMILES string of the molecule is CCC(C)(CNC(=O)N1CCSC(C)C1)C(=O)O. The smallest absolute Gasteiger partial charge is 0.317 e. The third-order valence-electron chi connectivity index (χ3n) is 3.45. The average Bonchev–Trinajstić information content (AvgIpc) is 2.35. The predicted octanol–water partition coefficient (Wildman–Crippen LogP) is 1.63. The highest BCUT2D eigenvalue weighted by atomic mass is 32.2. The number of hydrogen-bond donors (Lipinski definition) is 2. The molecular formula is C12H22N2O3S. The van der Waals surface area contributed by atoms with E-state index in [2.05, 4.69) is 12.2 Å². The Morgan fingerprint density at radius 3 is 2.72 bits per heavy atom. The Morgan fingerprint density at radius 1 is 1.56 bits per heavy atom. The van der Waals surface area contributed by atoms with Crippen molar-refractivity contribution in [3.63, 3.8) is 0 Å². The molecule has 1 aliphatic rings. The van der Waals surface area contributed by atoms with E-state index in [9.17, 15) is 9.59 Å². The van der Waals surface area contributed by atoms with Gasteiger partial charge in [0.1, 0.15) is 0 Å². The fourth-order valence-electron chi connectivity index (χ4n) is 1.74. The van der Waals surface area contributed by atoms with Crippen LogP contribution in [0.25, 0.3) is 0 Å². The average molecular weight is 274 g/mol. The number of carbonyl (C=O) groups excluding carboxylic acids is 1. The minimum atomic E-state index is -0.883. The van der Waals surface area contributed by atoms with Crippen LogP contribution in [0.4, 0.5) is 4.79 Å². The molecule has 1 heterocycles. The van der Waals surface area contributed by atoms with Crippen LogP contribution in [0.5, 0.6) is 0 Å². The fraction of sp³-hybridized carbons (Fsp3) is 0.833. The van der Waals surface area contributed by atoms with E-state index in [0.717, 1.165) is 18.8 Å². The first-order valence-corrected chi connectivity index (χ1v) is 7.31. The van der Waals surface area contributed by atoms with Crippen LogP contribution in [0, 0.1) is 5.41 Å². The summed E-state index contributed by atoms with van der Waals surface area (Å²) < 4.78 is 0. The molecule has 0 bridgehead atoms. The fourth-order valence-corrected chi connectivity index (χ4v) is 2.75. The summed E-state index contributed by atoms with van der Waals surface area (Å²) in [6, 6.07) is -0.150. The molecule has 0 radical (unpaired) electrons. The zero-order valence-corrected chi connectivity index (χ0v) is 12.0. The topological polar surface area (TPSA) is 69.6 Å². The number of carbonyl (C=O) groups is 2. The molecule has 2 unspecified atom stereocenters. The normalized spacial score (nSPS) is 23.3. The third-order valence-corrected chi connectivity index (χ3v) is 4.59. The highest BCUT2D eigenvalue weighted by molar-refractivity contribution is 7.99. The first-order valence-electron chi connectivity index (χ1n) is 6.27. The third kappa shape index (κ3) is 3.80. The van der Waals surface area contributed by atoms with Crippen molar-refractivity contribution in [1.82, 2.24) is 10.2 Å². The van der Waals surface area contributed by atoms with Crippen LogP contribution in [-0.2, 0) is 4.79 Å². The summed E-state index contributed by atoms with van der Waals surface area (Å²) in [5, 5.41) is 12.3. The summed E-state index contributed by atoms with van der Waals surface area (Å²) >= 11 is 1.86. The molecule has 0 aromatic carbocycles. The second-order valence-corrected chi connectivity index (χ2v) is 6.55. The second-order valence-electron chi connectivity index (χ2n) is 5.01. The van der Waals surface area contributed by atoms with Gasteiger partial charge in [0, 0.05) is 30.6 Å². The van der Waals surface area contributed by atoms with Gasteiger partial charge in [-0.15, -0.1) is 0 Å². The van der Waals surface area contributed by atoms with Crippen LogP contribution in [0.2, 0.25) is 0 Å². The first kappa shape index (κ1) is 15.1. The van der Waals surface area contributed by atoms with Crippen LogP contribution >= 0.6 is 11.8 Å². The van der Waals surface area contributed by atoms with Crippen molar-refractivity contribution in [1.29, 1.82) is 0 Å². The number of nitrogens with one attached hydrogen (secondary N) is 1. The molecule has 1 aliphatic heterocycles. The largest absolute Gasteiger partial charge is 0.481 e. The lowest BCUT2D eigenvalue weighted by Gasteiger charge is -2.32. The van der Waals surface area contributed by atoms with Gasteiger partial charge in [0.15, 0.2) is 0 Å². The van der Waals surface area contributed by atoms with E-state index in [4.69, 9.17) is 5.11 Å². The molecule has 0 aliphatic carbocycles. The van der Waals surface area contributed by atoms with Crippen LogP contribution in [0.1, 0.15) is 27.2 Å². The lowest BCUT2D eigenvalue weighted by Crippen LogP contribution is -2.49. The van der Waals surface area contributed by atoms with Crippen LogP contribution in [-0.4, -0.2) is 52.6 Å². The number of urea groups is 1. The standard InChI is InChI=1S/C12H22N2O3S/c1-4-12(3,10(15)16)8-13-11(17)14-5-6-18-9(2)7-14/h9H,4-8H2,1-3H3,(H,13,17)(H,15,16). The van der Waals surface area contributed by atoms with Gasteiger partial charge in [-0.05, 0) is 13.3 Å². The van der Waals surface area contributed by atoms with E-state index < -0.39 is 11.4 Å². The van der Waals surface area contributed by atoms with Crippen molar-refractivity contribution in [2.45, 2.75) is 32.4 Å². The predicted molar refractivity (Wildman–Crippen MR) is 72.9 cm³/mol. The van der Waals surface area contributed by atoms with Crippen LogP contribution in [0.15, 0.2) is 0 Å². The maximum Gasteiger partial charge on any atom is 0.317 e. The molecular weight excluding hydrogens is 252 g/mol. The molecule has 0 saturated carbocycles. The van der Waals surface area contributed by atoms with E-state index in [1.807, 2.05) is 18.7 Å². The molecule has 2 N–H and O–H groups in total. The van der Waals surface area contributed by atoms with E-state index in [1.54, 1.807) is 11.8 Å². The Morgan fingerprint density at radius 2 is 2.22 bits per heavy atom. The number of aliphatic carboxylic acids is 1. The van der Waals surface area contributed by atoms with Crippen molar-refractivity contribution < 1.29 is 14.7 Å². The molecule has 104 valence electrons.